The second kappa shape index (κ2) is 14.3. The molecule has 6 nitrogen and oxygen atoms in total. The van der Waals surface area contributed by atoms with Gasteiger partial charge in [-0.15, -0.1) is 24.0 Å². The molecule has 2 atom stereocenters. The molecule has 2 heterocycles. The summed E-state index contributed by atoms with van der Waals surface area (Å²) in [5.41, 5.74) is 1.30. The van der Waals surface area contributed by atoms with Crippen molar-refractivity contribution < 1.29 is 9.47 Å². The van der Waals surface area contributed by atoms with Crippen LogP contribution in [0.2, 0.25) is 0 Å². The van der Waals surface area contributed by atoms with Gasteiger partial charge < -0.3 is 24.6 Å². The van der Waals surface area contributed by atoms with Gasteiger partial charge >= 0.3 is 0 Å². The summed E-state index contributed by atoms with van der Waals surface area (Å²) in [7, 11) is 4.25. The van der Waals surface area contributed by atoms with Crippen LogP contribution < -0.4 is 5.32 Å². The van der Waals surface area contributed by atoms with Gasteiger partial charge in [0, 0.05) is 26.2 Å². The molecule has 2 aliphatic rings. The Hall–Kier alpha value is -0.900. The topological polar surface area (TPSA) is 49.3 Å². The summed E-state index contributed by atoms with van der Waals surface area (Å²) in [6.07, 6.45) is 6.35. The SMILES string of the molecule is CCNC(=NCC(c1ccccc1)N(C)C)N1CCC(OCC2CCCCO2)CC1.I. The van der Waals surface area contributed by atoms with E-state index in [2.05, 4.69) is 66.5 Å². The number of halogens is 1. The number of nitrogens with zero attached hydrogens (tertiary/aromatic N) is 3. The fourth-order valence-corrected chi connectivity index (χ4v) is 4.26. The Morgan fingerprint density at radius 1 is 1.19 bits per heavy atom. The maximum atomic E-state index is 6.18. The summed E-state index contributed by atoms with van der Waals surface area (Å²) in [6, 6.07) is 10.9. The summed E-state index contributed by atoms with van der Waals surface area (Å²) in [5, 5.41) is 3.49. The predicted octanol–water partition coefficient (Wildman–Crippen LogP) is 3.92. The van der Waals surface area contributed by atoms with E-state index in [1.54, 1.807) is 0 Å². The minimum absolute atomic E-state index is 0. The first-order chi connectivity index (χ1) is 14.7. The van der Waals surface area contributed by atoms with Crippen molar-refractivity contribution in [3.8, 4) is 0 Å². The van der Waals surface area contributed by atoms with Crippen LogP contribution >= 0.6 is 24.0 Å². The smallest absolute Gasteiger partial charge is 0.193 e. The van der Waals surface area contributed by atoms with Crippen molar-refractivity contribution in [3.05, 3.63) is 35.9 Å². The molecule has 0 spiro atoms. The third-order valence-corrected chi connectivity index (χ3v) is 6.09. The number of nitrogens with one attached hydrogen (secondary N) is 1. The van der Waals surface area contributed by atoms with Crippen LogP contribution in [0, 0.1) is 0 Å². The Kier molecular flexibility index (Phi) is 12.1. The highest BCUT2D eigenvalue weighted by Gasteiger charge is 2.24. The van der Waals surface area contributed by atoms with Crippen LogP contribution in [0.3, 0.4) is 0 Å². The molecule has 176 valence electrons. The first-order valence-corrected chi connectivity index (χ1v) is 11.6. The molecule has 0 bridgehead atoms. The van der Waals surface area contributed by atoms with Crippen LogP contribution in [0.4, 0.5) is 0 Å². The van der Waals surface area contributed by atoms with Crippen LogP contribution in [0.25, 0.3) is 0 Å². The lowest BCUT2D eigenvalue weighted by Crippen LogP contribution is -2.47. The molecule has 7 heteroatoms. The van der Waals surface area contributed by atoms with E-state index in [4.69, 9.17) is 14.5 Å². The van der Waals surface area contributed by atoms with Crippen molar-refractivity contribution >= 4 is 29.9 Å². The highest BCUT2D eigenvalue weighted by Crippen LogP contribution is 2.20. The van der Waals surface area contributed by atoms with E-state index in [-0.39, 0.29) is 30.0 Å². The Morgan fingerprint density at radius 2 is 1.94 bits per heavy atom. The van der Waals surface area contributed by atoms with Gasteiger partial charge in [-0.1, -0.05) is 30.3 Å². The van der Waals surface area contributed by atoms with Gasteiger partial charge in [0.2, 0.25) is 0 Å². The van der Waals surface area contributed by atoms with Crippen LogP contribution in [0.5, 0.6) is 0 Å². The first-order valence-electron chi connectivity index (χ1n) is 11.6. The number of aliphatic imine (C=N–C) groups is 1. The maximum absolute atomic E-state index is 6.18. The van der Waals surface area contributed by atoms with E-state index in [9.17, 15) is 0 Å². The van der Waals surface area contributed by atoms with Crippen molar-refractivity contribution in [1.82, 2.24) is 15.1 Å². The number of hydrogen-bond donors (Lipinski definition) is 1. The third-order valence-electron chi connectivity index (χ3n) is 6.09. The second-order valence-corrected chi connectivity index (χ2v) is 8.59. The molecule has 0 saturated carbocycles. The number of likely N-dealkylation sites (tertiary alicyclic amines) is 1. The molecule has 1 aromatic carbocycles. The van der Waals surface area contributed by atoms with Crippen molar-refractivity contribution in [2.24, 2.45) is 4.99 Å². The molecule has 2 fully saturated rings. The average molecular weight is 545 g/mol. The summed E-state index contributed by atoms with van der Waals surface area (Å²) in [6.45, 7) is 7.38. The lowest BCUT2D eigenvalue weighted by molar-refractivity contribution is -0.0721. The molecular formula is C24H41IN4O2. The second-order valence-electron chi connectivity index (χ2n) is 8.59. The van der Waals surface area contributed by atoms with Gasteiger partial charge in [-0.2, -0.15) is 0 Å². The number of likely N-dealkylation sites (N-methyl/N-ethyl adjacent to an activating group) is 1. The number of ether oxygens (including phenoxy) is 2. The molecule has 2 aliphatic heterocycles. The van der Waals surface area contributed by atoms with Gasteiger partial charge in [0.15, 0.2) is 5.96 Å². The molecular weight excluding hydrogens is 503 g/mol. The maximum Gasteiger partial charge on any atom is 0.193 e. The van der Waals surface area contributed by atoms with Crippen molar-refractivity contribution in [2.45, 2.75) is 57.3 Å². The van der Waals surface area contributed by atoms with E-state index in [0.717, 1.165) is 64.6 Å². The average Bonchev–Trinajstić information content (AvgIpc) is 2.79. The molecule has 1 N–H and O–H groups in total. The lowest BCUT2D eigenvalue weighted by Gasteiger charge is -2.35. The fraction of sp³-hybridized carbons (Fsp3) is 0.708. The van der Waals surface area contributed by atoms with Crippen molar-refractivity contribution in [3.63, 3.8) is 0 Å². The predicted molar refractivity (Wildman–Crippen MR) is 138 cm³/mol. The molecule has 2 saturated heterocycles. The van der Waals surface area contributed by atoms with E-state index in [1.165, 1.54) is 18.4 Å². The number of piperidine rings is 1. The van der Waals surface area contributed by atoms with Gasteiger partial charge in [-0.3, -0.25) is 4.99 Å². The van der Waals surface area contributed by atoms with Gasteiger partial charge in [0.25, 0.3) is 0 Å². The summed E-state index contributed by atoms with van der Waals surface area (Å²) >= 11 is 0. The Balaban J connectivity index is 0.00000341. The summed E-state index contributed by atoms with van der Waals surface area (Å²) < 4.78 is 12.0. The summed E-state index contributed by atoms with van der Waals surface area (Å²) in [4.78, 5) is 9.64. The monoisotopic (exact) mass is 544 g/mol. The normalized spacial score (nSPS) is 21.6. The zero-order valence-electron chi connectivity index (χ0n) is 19.5. The minimum atomic E-state index is 0. The number of guanidine groups is 1. The Morgan fingerprint density at radius 3 is 2.55 bits per heavy atom. The van der Waals surface area contributed by atoms with Crippen molar-refractivity contribution in [1.29, 1.82) is 0 Å². The van der Waals surface area contributed by atoms with Gasteiger partial charge in [-0.25, -0.2) is 0 Å². The van der Waals surface area contributed by atoms with Gasteiger partial charge in [0.05, 0.1) is 31.4 Å². The third kappa shape index (κ3) is 8.51. The molecule has 31 heavy (non-hydrogen) atoms. The molecule has 0 aromatic heterocycles. The van der Waals surface area contributed by atoms with E-state index in [1.807, 2.05) is 0 Å². The number of benzene rings is 1. The molecule has 2 unspecified atom stereocenters. The Bertz CT molecular complexity index is 630. The molecule has 0 amide bonds. The van der Waals surface area contributed by atoms with Crippen LogP contribution in [-0.2, 0) is 9.47 Å². The first kappa shape index (κ1) is 26.4. The van der Waals surface area contributed by atoms with Crippen LogP contribution in [0.15, 0.2) is 35.3 Å². The zero-order valence-corrected chi connectivity index (χ0v) is 21.8. The van der Waals surface area contributed by atoms with E-state index in [0.29, 0.717) is 12.2 Å². The zero-order chi connectivity index (χ0) is 21.2. The van der Waals surface area contributed by atoms with Gasteiger partial charge in [0.1, 0.15) is 0 Å². The fourth-order valence-electron chi connectivity index (χ4n) is 4.26. The Labute approximate surface area is 205 Å². The van der Waals surface area contributed by atoms with E-state index >= 15 is 0 Å². The minimum Gasteiger partial charge on any atom is -0.376 e. The molecule has 0 aliphatic carbocycles. The molecule has 1 aromatic rings. The molecule has 3 rings (SSSR count). The highest BCUT2D eigenvalue weighted by atomic mass is 127. The van der Waals surface area contributed by atoms with E-state index < -0.39 is 0 Å². The number of rotatable bonds is 8. The lowest BCUT2D eigenvalue weighted by atomic mass is 10.1. The van der Waals surface area contributed by atoms with Gasteiger partial charge in [-0.05, 0) is 58.7 Å². The number of hydrogen-bond acceptors (Lipinski definition) is 4. The standard InChI is InChI=1S/C24H40N4O2.HI/c1-4-25-24(26-18-23(27(2)3)20-10-6-5-7-11-20)28-15-13-21(14-16-28)30-19-22-12-8-9-17-29-22;/h5-7,10-11,21-23H,4,8-9,12-19H2,1-3H3,(H,25,26);1H. The quantitative estimate of drug-likeness (QED) is 0.306. The van der Waals surface area contributed by atoms with Crippen LogP contribution in [-0.4, -0.2) is 81.5 Å². The van der Waals surface area contributed by atoms with Crippen molar-refractivity contribution in [2.75, 3.05) is 53.5 Å². The molecule has 0 radical (unpaired) electrons. The van der Waals surface area contributed by atoms with Crippen LogP contribution in [0.1, 0.15) is 50.6 Å². The largest absolute Gasteiger partial charge is 0.376 e. The summed E-state index contributed by atoms with van der Waals surface area (Å²) in [5.74, 6) is 1.02. The highest BCUT2D eigenvalue weighted by molar-refractivity contribution is 14.0.